The van der Waals surface area contributed by atoms with E-state index in [9.17, 15) is 4.79 Å². The van der Waals surface area contributed by atoms with Crippen LogP contribution in [0.25, 0.3) is 0 Å². The molecule has 0 aliphatic rings. The lowest BCUT2D eigenvalue weighted by molar-refractivity contribution is -0.136. The summed E-state index contributed by atoms with van der Waals surface area (Å²) in [6, 6.07) is 1.46. The summed E-state index contributed by atoms with van der Waals surface area (Å²) in [6.45, 7) is 1.44. The van der Waals surface area contributed by atoms with Crippen LogP contribution >= 0.6 is 12.4 Å². The minimum absolute atomic E-state index is 0. The molecule has 0 radical (unpaired) electrons. The molecule has 0 aliphatic heterocycles. The highest BCUT2D eigenvalue weighted by atomic mass is 35.5. The Morgan fingerprint density at radius 2 is 2.40 bits per heavy atom. The SMILES string of the molecule is CC(C#N)NCC(=O)O.Cl. The molecule has 0 aromatic rings. The van der Waals surface area contributed by atoms with Gasteiger partial charge in [0.05, 0.1) is 18.7 Å². The quantitative estimate of drug-likeness (QED) is 0.616. The van der Waals surface area contributed by atoms with E-state index in [0.717, 1.165) is 0 Å². The van der Waals surface area contributed by atoms with Gasteiger partial charge in [0.25, 0.3) is 0 Å². The molecule has 0 bridgehead atoms. The van der Waals surface area contributed by atoms with E-state index in [-0.39, 0.29) is 25.0 Å². The first-order chi connectivity index (χ1) is 4.16. The number of aliphatic carboxylic acids is 1. The predicted octanol–water partition coefficient (Wildman–Crippen LogP) is -0.00552. The van der Waals surface area contributed by atoms with Crippen LogP contribution in [0.4, 0.5) is 0 Å². The van der Waals surface area contributed by atoms with E-state index in [4.69, 9.17) is 10.4 Å². The van der Waals surface area contributed by atoms with Crippen molar-refractivity contribution in [3.8, 4) is 6.07 Å². The molecule has 4 nitrogen and oxygen atoms in total. The lowest BCUT2D eigenvalue weighted by Gasteiger charge is -1.99. The van der Waals surface area contributed by atoms with Crippen molar-refractivity contribution in [3.63, 3.8) is 0 Å². The van der Waals surface area contributed by atoms with Crippen molar-refractivity contribution in [1.29, 1.82) is 5.26 Å². The van der Waals surface area contributed by atoms with Gasteiger partial charge in [-0.15, -0.1) is 12.4 Å². The first-order valence-corrected chi connectivity index (χ1v) is 2.51. The number of halogens is 1. The zero-order valence-electron chi connectivity index (χ0n) is 5.50. The summed E-state index contributed by atoms with van der Waals surface area (Å²) in [4.78, 5) is 9.85. The number of nitriles is 1. The standard InChI is InChI=1S/C5H8N2O2.ClH/c1-4(2-6)7-3-5(8)9;/h4,7H,3H2,1H3,(H,8,9);1H. The van der Waals surface area contributed by atoms with E-state index in [1.165, 1.54) is 0 Å². The second-order valence-corrected chi connectivity index (χ2v) is 1.63. The van der Waals surface area contributed by atoms with Gasteiger partial charge in [0.2, 0.25) is 0 Å². The fourth-order valence-electron chi connectivity index (χ4n) is 0.286. The molecule has 0 saturated carbocycles. The van der Waals surface area contributed by atoms with Crippen LogP contribution in [-0.4, -0.2) is 23.7 Å². The summed E-state index contributed by atoms with van der Waals surface area (Å²) in [5, 5.41) is 18.7. The Morgan fingerprint density at radius 1 is 1.90 bits per heavy atom. The van der Waals surface area contributed by atoms with Crippen LogP contribution in [0.2, 0.25) is 0 Å². The van der Waals surface area contributed by atoms with Crippen LogP contribution in [0.3, 0.4) is 0 Å². The van der Waals surface area contributed by atoms with E-state index >= 15 is 0 Å². The van der Waals surface area contributed by atoms with Crippen molar-refractivity contribution in [2.75, 3.05) is 6.54 Å². The van der Waals surface area contributed by atoms with Crippen molar-refractivity contribution in [2.45, 2.75) is 13.0 Å². The third-order valence-corrected chi connectivity index (χ3v) is 0.753. The van der Waals surface area contributed by atoms with Gasteiger partial charge in [0, 0.05) is 0 Å². The van der Waals surface area contributed by atoms with Gasteiger partial charge < -0.3 is 5.11 Å². The molecule has 58 valence electrons. The van der Waals surface area contributed by atoms with E-state index in [2.05, 4.69) is 5.32 Å². The zero-order chi connectivity index (χ0) is 7.28. The molecule has 1 atom stereocenters. The highest BCUT2D eigenvalue weighted by Crippen LogP contribution is 1.73. The molecule has 0 aliphatic carbocycles. The average molecular weight is 165 g/mol. The number of carbonyl (C=O) groups is 1. The smallest absolute Gasteiger partial charge is 0.317 e. The summed E-state index contributed by atoms with van der Waals surface area (Å²) in [6.07, 6.45) is 0. The van der Waals surface area contributed by atoms with E-state index in [0.29, 0.717) is 0 Å². The minimum Gasteiger partial charge on any atom is -0.480 e. The Balaban J connectivity index is 0. The zero-order valence-corrected chi connectivity index (χ0v) is 6.31. The molecule has 2 N–H and O–H groups in total. The molecule has 0 rings (SSSR count). The van der Waals surface area contributed by atoms with Gasteiger partial charge in [-0.05, 0) is 6.92 Å². The van der Waals surface area contributed by atoms with Crippen LogP contribution in [0.1, 0.15) is 6.92 Å². The van der Waals surface area contributed by atoms with Crippen molar-refractivity contribution < 1.29 is 9.90 Å². The Kier molecular flexibility index (Phi) is 7.56. The summed E-state index contributed by atoms with van der Waals surface area (Å²) in [5.74, 6) is -0.947. The molecule has 0 saturated heterocycles. The van der Waals surface area contributed by atoms with Gasteiger partial charge in [-0.25, -0.2) is 0 Å². The molecule has 0 aromatic heterocycles. The first kappa shape index (κ1) is 11.9. The molecule has 0 spiro atoms. The number of hydrogen-bond donors (Lipinski definition) is 2. The van der Waals surface area contributed by atoms with Gasteiger partial charge in [-0.2, -0.15) is 5.26 Å². The highest BCUT2D eigenvalue weighted by molar-refractivity contribution is 5.85. The van der Waals surface area contributed by atoms with Crippen LogP contribution in [0, 0.1) is 11.3 Å². The molecule has 0 heterocycles. The second kappa shape index (κ2) is 6.33. The maximum atomic E-state index is 9.85. The lowest BCUT2D eigenvalue weighted by Crippen LogP contribution is -2.29. The maximum Gasteiger partial charge on any atom is 0.317 e. The number of carboxylic acid groups (broad SMARTS) is 1. The normalized spacial score (nSPS) is 10.8. The predicted molar refractivity (Wildman–Crippen MR) is 38.0 cm³/mol. The van der Waals surface area contributed by atoms with Crippen LogP contribution in [0.15, 0.2) is 0 Å². The third-order valence-electron chi connectivity index (χ3n) is 0.753. The Hall–Kier alpha value is -0.790. The van der Waals surface area contributed by atoms with Crippen molar-refractivity contribution in [3.05, 3.63) is 0 Å². The van der Waals surface area contributed by atoms with Crippen molar-refractivity contribution in [1.82, 2.24) is 5.32 Å². The molecule has 0 aromatic carbocycles. The molecule has 1 unspecified atom stereocenters. The molecular formula is C5H9ClN2O2. The lowest BCUT2D eigenvalue weighted by atomic mass is 10.4. The number of nitrogens with zero attached hydrogens (tertiary/aromatic N) is 1. The first-order valence-electron chi connectivity index (χ1n) is 2.51. The van der Waals surface area contributed by atoms with Gasteiger partial charge in [-0.3, -0.25) is 10.1 Å². The van der Waals surface area contributed by atoms with Gasteiger partial charge >= 0.3 is 5.97 Å². The topological polar surface area (TPSA) is 73.1 Å². The number of rotatable bonds is 3. The summed E-state index contributed by atoms with van der Waals surface area (Å²) in [5.41, 5.74) is 0. The molecule has 0 fully saturated rings. The highest BCUT2D eigenvalue weighted by Gasteiger charge is 1.99. The van der Waals surface area contributed by atoms with Gasteiger partial charge in [0.15, 0.2) is 0 Å². The van der Waals surface area contributed by atoms with Crippen molar-refractivity contribution in [2.24, 2.45) is 0 Å². The maximum absolute atomic E-state index is 9.85. The summed E-state index contributed by atoms with van der Waals surface area (Å²) < 4.78 is 0. The van der Waals surface area contributed by atoms with Gasteiger partial charge in [-0.1, -0.05) is 0 Å². The van der Waals surface area contributed by atoms with Crippen LogP contribution in [-0.2, 0) is 4.79 Å². The molecule has 10 heavy (non-hydrogen) atoms. The number of carboxylic acids is 1. The minimum atomic E-state index is -0.947. The number of nitrogens with one attached hydrogen (secondary N) is 1. The fourth-order valence-corrected chi connectivity index (χ4v) is 0.286. The van der Waals surface area contributed by atoms with E-state index in [1.807, 2.05) is 6.07 Å². The third kappa shape index (κ3) is 7.21. The van der Waals surface area contributed by atoms with Crippen molar-refractivity contribution >= 4 is 18.4 Å². The number of hydrogen-bond acceptors (Lipinski definition) is 3. The monoisotopic (exact) mass is 164 g/mol. The summed E-state index contributed by atoms with van der Waals surface area (Å²) >= 11 is 0. The molecule has 5 heteroatoms. The van der Waals surface area contributed by atoms with E-state index in [1.54, 1.807) is 6.92 Å². The summed E-state index contributed by atoms with van der Waals surface area (Å²) in [7, 11) is 0. The average Bonchev–Trinajstić information content (AvgIpc) is 1.83. The van der Waals surface area contributed by atoms with Crippen LogP contribution in [0.5, 0.6) is 0 Å². The fraction of sp³-hybridized carbons (Fsp3) is 0.600. The largest absolute Gasteiger partial charge is 0.480 e. The second-order valence-electron chi connectivity index (χ2n) is 1.63. The Labute approximate surface area is 65.3 Å². The van der Waals surface area contributed by atoms with E-state index < -0.39 is 5.97 Å². The van der Waals surface area contributed by atoms with Gasteiger partial charge in [0.1, 0.15) is 0 Å². The Bertz CT molecular complexity index is 143. The molecular weight excluding hydrogens is 156 g/mol. The van der Waals surface area contributed by atoms with Crippen LogP contribution < -0.4 is 5.32 Å². The molecule has 0 amide bonds. The Morgan fingerprint density at radius 3 is 2.70 bits per heavy atom.